The molecule has 64 valence electrons. The number of rotatable bonds is 2. The van der Waals surface area contributed by atoms with Crippen molar-refractivity contribution in [2.75, 3.05) is 5.32 Å². The van der Waals surface area contributed by atoms with E-state index in [9.17, 15) is 4.79 Å². The van der Waals surface area contributed by atoms with E-state index < -0.39 is 5.38 Å². The number of halogens is 1. The first-order valence-electron chi connectivity index (χ1n) is 3.55. The molecular weight excluding hydrogens is 176 g/mol. The molecular formula is C8H9ClN2O. The fraction of sp³-hybridized carbons (Fsp3) is 0.250. The summed E-state index contributed by atoms with van der Waals surface area (Å²) in [6, 6.07) is 3.50. The van der Waals surface area contributed by atoms with Gasteiger partial charge >= 0.3 is 0 Å². The Morgan fingerprint density at radius 2 is 2.50 bits per heavy atom. The first kappa shape index (κ1) is 9.00. The monoisotopic (exact) mass is 184 g/mol. The van der Waals surface area contributed by atoms with Crippen molar-refractivity contribution in [3.63, 3.8) is 0 Å². The maximum absolute atomic E-state index is 11.0. The molecule has 0 aliphatic rings. The van der Waals surface area contributed by atoms with E-state index in [-0.39, 0.29) is 5.91 Å². The van der Waals surface area contributed by atoms with Gasteiger partial charge in [0.25, 0.3) is 0 Å². The van der Waals surface area contributed by atoms with Gasteiger partial charge in [-0.2, -0.15) is 0 Å². The van der Waals surface area contributed by atoms with Crippen molar-refractivity contribution in [3.05, 3.63) is 24.5 Å². The lowest BCUT2D eigenvalue weighted by atomic mass is 10.4. The molecule has 1 aromatic heterocycles. The van der Waals surface area contributed by atoms with Crippen LogP contribution in [-0.4, -0.2) is 16.3 Å². The maximum Gasteiger partial charge on any atom is 0.242 e. The highest BCUT2D eigenvalue weighted by Crippen LogP contribution is 2.04. The van der Waals surface area contributed by atoms with Gasteiger partial charge in [-0.15, -0.1) is 11.6 Å². The predicted octanol–water partition coefficient (Wildman–Crippen LogP) is 1.65. The average molecular weight is 185 g/mol. The Balaban J connectivity index is 2.59. The molecule has 1 aromatic rings. The van der Waals surface area contributed by atoms with Crippen LogP contribution in [0.1, 0.15) is 6.92 Å². The highest BCUT2D eigenvalue weighted by Gasteiger charge is 2.08. The number of nitrogens with one attached hydrogen (secondary N) is 1. The maximum atomic E-state index is 11.0. The Bertz CT molecular complexity index is 261. The third-order valence-corrected chi connectivity index (χ3v) is 1.49. The van der Waals surface area contributed by atoms with E-state index in [4.69, 9.17) is 11.6 Å². The largest absolute Gasteiger partial charge is 0.323 e. The van der Waals surface area contributed by atoms with Gasteiger partial charge in [0.05, 0.1) is 11.9 Å². The van der Waals surface area contributed by atoms with Gasteiger partial charge in [0, 0.05) is 6.20 Å². The molecule has 0 fully saturated rings. The van der Waals surface area contributed by atoms with Gasteiger partial charge in [-0.25, -0.2) is 0 Å². The van der Waals surface area contributed by atoms with Crippen molar-refractivity contribution in [2.45, 2.75) is 12.3 Å². The fourth-order valence-electron chi connectivity index (χ4n) is 0.678. The topological polar surface area (TPSA) is 42.0 Å². The summed E-state index contributed by atoms with van der Waals surface area (Å²) in [7, 11) is 0. The van der Waals surface area contributed by atoms with E-state index in [1.807, 2.05) is 0 Å². The minimum absolute atomic E-state index is 0.218. The third kappa shape index (κ3) is 2.51. The Kier molecular flexibility index (Phi) is 3.05. The van der Waals surface area contributed by atoms with Gasteiger partial charge < -0.3 is 5.32 Å². The van der Waals surface area contributed by atoms with Crippen molar-refractivity contribution >= 4 is 23.2 Å². The smallest absolute Gasteiger partial charge is 0.242 e. The second kappa shape index (κ2) is 4.07. The summed E-state index contributed by atoms with van der Waals surface area (Å²) in [5, 5.41) is 2.09. The van der Waals surface area contributed by atoms with Crippen LogP contribution in [0.4, 0.5) is 5.69 Å². The van der Waals surface area contributed by atoms with Crippen LogP contribution >= 0.6 is 11.6 Å². The molecule has 0 aromatic carbocycles. The summed E-state index contributed by atoms with van der Waals surface area (Å²) in [4.78, 5) is 14.9. The highest BCUT2D eigenvalue weighted by atomic mass is 35.5. The molecule has 1 N–H and O–H groups in total. The lowest BCUT2D eigenvalue weighted by Crippen LogP contribution is -2.20. The molecule has 0 saturated heterocycles. The molecule has 0 unspecified atom stereocenters. The van der Waals surface area contributed by atoms with Crippen LogP contribution in [0.3, 0.4) is 0 Å². The van der Waals surface area contributed by atoms with Crippen molar-refractivity contribution in [2.24, 2.45) is 0 Å². The zero-order valence-electron chi connectivity index (χ0n) is 6.62. The minimum Gasteiger partial charge on any atom is -0.323 e. The van der Waals surface area contributed by atoms with Gasteiger partial charge in [-0.3, -0.25) is 9.78 Å². The van der Waals surface area contributed by atoms with Crippen LogP contribution in [-0.2, 0) is 4.79 Å². The van der Waals surface area contributed by atoms with Crippen LogP contribution in [0.25, 0.3) is 0 Å². The first-order valence-corrected chi connectivity index (χ1v) is 3.99. The number of carbonyl (C=O) groups is 1. The molecule has 3 nitrogen and oxygen atoms in total. The molecule has 1 amide bonds. The average Bonchev–Trinajstić information content (AvgIpc) is 2.06. The normalized spacial score (nSPS) is 12.2. The number of hydrogen-bond acceptors (Lipinski definition) is 2. The molecule has 1 atom stereocenters. The summed E-state index contributed by atoms with van der Waals surface area (Å²) < 4.78 is 0. The fourth-order valence-corrected chi connectivity index (χ4v) is 0.733. The zero-order chi connectivity index (χ0) is 8.97. The summed E-state index contributed by atoms with van der Waals surface area (Å²) >= 11 is 5.55. The van der Waals surface area contributed by atoms with E-state index in [1.54, 1.807) is 31.5 Å². The standard InChI is InChI=1S/C8H9ClN2O/c1-6(9)8(12)11-7-3-2-4-10-5-7/h2-6H,1H3,(H,11,12)/t6-/m1/s1. The van der Waals surface area contributed by atoms with Crippen LogP contribution in [0.15, 0.2) is 24.5 Å². The van der Waals surface area contributed by atoms with Gasteiger partial charge in [0.15, 0.2) is 0 Å². The van der Waals surface area contributed by atoms with E-state index in [0.29, 0.717) is 5.69 Å². The Hall–Kier alpha value is -1.09. The van der Waals surface area contributed by atoms with Crippen molar-refractivity contribution in [1.29, 1.82) is 0 Å². The lowest BCUT2D eigenvalue weighted by molar-refractivity contribution is -0.115. The molecule has 0 radical (unpaired) electrons. The molecule has 4 heteroatoms. The molecule has 0 bridgehead atoms. The number of alkyl halides is 1. The summed E-state index contributed by atoms with van der Waals surface area (Å²) in [5.74, 6) is -0.218. The molecule has 0 aliphatic carbocycles. The zero-order valence-corrected chi connectivity index (χ0v) is 7.38. The second-order valence-corrected chi connectivity index (χ2v) is 3.00. The van der Waals surface area contributed by atoms with E-state index in [1.165, 1.54) is 0 Å². The van der Waals surface area contributed by atoms with E-state index in [2.05, 4.69) is 10.3 Å². The van der Waals surface area contributed by atoms with Crippen molar-refractivity contribution in [3.8, 4) is 0 Å². The van der Waals surface area contributed by atoms with E-state index in [0.717, 1.165) is 0 Å². The summed E-state index contributed by atoms with van der Waals surface area (Å²) in [6.07, 6.45) is 3.21. The lowest BCUT2D eigenvalue weighted by Gasteiger charge is -2.04. The van der Waals surface area contributed by atoms with Gasteiger partial charge in [0.1, 0.15) is 5.38 Å². The van der Waals surface area contributed by atoms with Crippen LogP contribution < -0.4 is 5.32 Å². The molecule has 0 saturated carbocycles. The number of anilines is 1. The number of hydrogen-bond donors (Lipinski definition) is 1. The Morgan fingerprint density at radius 1 is 1.75 bits per heavy atom. The highest BCUT2D eigenvalue weighted by molar-refractivity contribution is 6.32. The minimum atomic E-state index is -0.523. The molecule has 1 heterocycles. The van der Waals surface area contributed by atoms with Crippen LogP contribution in [0, 0.1) is 0 Å². The Labute approximate surface area is 75.8 Å². The molecule has 0 aliphatic heterocycles. The van der Waals surface area contributed by atoms with Crippen molar-refractivity contribution in [1.82, 2.24) is 4.98 Å². The summed E-state index contributed by atoms with van der Waals surface area (Å²) in [5.41, 5.74) is 0.662. The van der Waals surface area contributed by atoms with Crippen molar-refractivity contribution < 1.29 is 4.79 Å². The number of nitrogens with zero attached hydrogens (tertiary/aromatic N) is 1. The SMILES string of the molecule is C[C@@H](Cl)C(=O)Nc1cccnc1. The molecule has 0 spiro atoms. The number of carbonyl (C=O) groups excluding carboxylic acids is 1. The van der Waals surface area contributed by atoms with Gasteiger partial charge in [-0.1, -0.05) is 0 Å². The van der Waals surface area contributed by atoms with Crippen LogP contribution in [0.5, 0.6) is 0 Å². The first-order chi connectivity index (χ1) is 5.70. The molecule has 1 rings (SSSR count). The van der Waals surface area contributed by atoms with E-state index >= 15 is 0 Å². The van der Waals surface area contributed by atoms with Crippen LogP contribution in [0.2, 0.25) is 0 Å². The predicted molar refractivity (Wildman–Crippen MR) is 48.2 cm³/mol. The Morgan fingerprint density at radius 3 is 3.00 bits per heavy atom. The second-order valence-electron chi connectivity index (χ2n) is 2.35. The van der Waals surface area contributed by atoms with Gasteiger partial charge in [-0.05, 0) is 19.1 Å². The summed E-state index contributed by atoms with van der Waals surface area (Å²) in [6.45, 7) is 1.62. The number of aromatic nitrogens is 1. The molecule has 12 heavy (non-hydrogen) atoms. The van der Waals surface area contributed by atoms with Gasteiger partial charge in [0.2, 0.25) is 5.91 Å². The number of pyridine rings is 1. The quantitative estimate of drug-likeness (QED) is 0.711. The third-order valence-electron chi connectivity index (χ3n) is 1.29. The number of amides is 1.